The minimum atomic E-state index is -0.479. The number of carbonyl (C=O) groups excluding carboxylic acids is 1. The van der Waals surface area contributed by atoms with E-state index in [1.165, 1.54) is 0 Å². The van der Waals surface area contributed by atoms with Crippen LogP contribution in [0.25, 0.3) is 27.5 Å². The first kappa shape index (κ1) is 32.0. The van der Waals surface area contributed by atoms with Crippen molar-refractivity contribution in [1.82, 2.24) is 29.3 Å². The predicted octanol–water partition coefficient (Wildman–Crippen LogP) is 4.85. The highest BCUT2D eigenvalue weighted by Crippen LogP contribution is 2.29. The highest BCUT2D eigenvalue weighted by molar-refractivity contribution is 5.91. The van der Waals surface area contributed by atoms with Crippen molar-refractivity contribution in [2.75, 3.05) is 44.7 Å². The number of likely N-dealkylation sites (N-methyl/N-ethyl adjacent to an activating group) is 1. The lowest BCUT2D eigenvalue weighted by Gasteiger charge is -2.40. The summed E-state index contributed by atoms with van der Waals surface area (Å²) in [5.74, 6) is 0.918. The molecule has 0 N–H and O–H groups in total. The zero-order chi connectivity index (χ0) is 33.9. The van der Waals surface area contributed by atoms with Crippen LogP contribution in [0.2, 0.25) is 0 Å². The fourth-order valence-corrected chi connectivity index (χ4v) is 6.84. The molecule has 12 nitrogen and oxygen atoms in total. The number of benzene rings is 3. The Morgan fingerprint density at radius 1 is 0.939 bits per heavy atom. The number of rotatable bonds is 8. The van der Waals surface area contributed by atoms with Crippen molar-refractivity contribution < 1.29 is 14.3 Å². The summed E-state index contributed by atoms with van der Waals surface area (Å²) in [5.41, 5.74) is 1.75. The first-order valence-corrected chi connectivity index (χ1v) is 16.6. The topological polar surface area (TPSA) is 130 Å². The van der Waals surface area contributed by atoms with Crippen LogP contribution in [-0.2, 0) is 11.3 Å². The van der Waals surface area contributed by atoms with Crippen LogP contribution in [0.1, 0.15) is 30.7 Å². The van der Waals surface area contributed by atoms with E-state index in [4.69, 9.17) is 19.4 Å². The van der Waals surface area contributed by atoms with Gasteiger partial charge in [0.25, 0.3) is 5.56 Å². The van der Waals surface area contributed by atoms with Crippen molar-refractivity contribution in [3.63, 3.8) is 0 Å². The van der Waals surface area contributed by atoms with E-state index in [1.807, 2.05) is 77.7 Å². The van der Waals surface area contributed by atoms with Crippen molar-refractivity contribution in [1.29, 1.82) is 5.26 Å². The lowest BCUT2D eigenvalue weighted by molar-refractivity contribution is 0.0768. The zero-order valence-corrected chi connectivity index (χ0v) is 27.7. The molecule has 2 aliphatic rings. The molecule has 1 unspecified atom stereocenters. The van der Waals surface area contributed by atoms with Gasteiger partial charge in [-0.25, -0.2) is 9.78 Å². The van der Waals surface area contributed by atoms with Gasteiger partial charge in [-0.1, -0.05) is 66.7 Å². The average Bonchev–Trinajstić information content (AvgIpc) is 3.54. The molecule has 250 valence electrons. The molecule has 4 heterocycles. The summed E-state index contributed by atoms with van der Waals surface area (Å²) in [6.07, 6.45) is 1.71. The maximum Gasteiger partial charge on any atom is 0.410 e. The molecule has 7 rings (SSSR count). The predicted molar refractivity (Wildman–Crippen MR) is 186 cm³/mol. The molecule has 2 fully saturated rings. The second kappa shape index (κ2) is 13.9. The number of carbonyl (C=O) groups is 1. The molecule has 0 saturated carbocycles. The molecule has 3 aromatic carbocycles. The Morgan fingerprint density at radius 2 is 1.73 bits per heavy atom. The molecule has 12 heteroatoms. The number of ether oxygens (including phenoxy) is 2. The molecule has 2 atom stereocenters. The minimum absolute atomic E-state index is 0.0940. The van der Waals surface area contributed by atoms with Crippen LogP contribution in [0.15, 0.2) is 77.6 Å². The van der Waals surface area contributed by atoms with Crippen LogP contribution in [0, 0.1) is 18.3 Å². The molecule has 0 bridgehead atoms. The van der Waals surface area contributed by atoms with Crippen molar-refractivity contribution in [3.05, 3.63) is 94.5 Å². The van der Waals surface area contributed by atoms with Crippen molar-refractivity contribution >= 4 is 33.7 Å². The Labute approximate surface area is 284 Å². The van der Waals surface area contributed by atoms with E-state index in [0.717, 1.165) is 35.7 Å². The zero-order valence-electron chi connectivity index (χ0n) is 27.7. The van der Waals surface area contributed by atoms with E-state index in [9.17, 15) is 14.9 Å². The molecule has 0 radical (unpaired) electrons. The van der Waals surface area contributed by atoms with Crippen LogP contribution in [0.5, 0.6) is 6.01 Å². The Balaban J connectivity index is 1.26. The highest BCUT2D eigenvalue weighted by Gasteiger charge is 2.34. The summed E-state index contributed by atoms with van der Waals surface area (Å²) in [6, 6.07) is 25.3. The summed E-state index contributed by atoms with van der Waals surface area (Å²) in [5, 5.41) is 11.6. The monoisotopic (exact) mass is 658 g/mol. The summed E-state index contributed by atoms with van der Waals surface area (Å²) in [6.45, 7) is 4.28. The van der Waals surface area contributed by atoms with E-state index in [2.05, 4.69) is 23.0 Å². The number of fused-ring (bicyclic) bond motifs is 2. The van der Waals surface area contributed by atoms with E-state index in [-0.39, 0.29) is 42.7 Å². The van der Waals surface area contributed by atoms with Crippen LogP contribution in [0.3, 0.4) is 0 Å². The third-order valence-electron chi connectivity index (χ3n) is 9.48. The van der Waals surface area contributed by atoms with Crippen molar-refractivity contribution in [2.45, 2.75) is 44.9 Å². The van der Waals surface area contributed by atoms with Crippen LogP contribution in [-0.4, -0.2) is 87.3 Å². The first-order valence-electron chi connectivity index (χ1n) is 16.6. The lowest BCUT2D eigenvalue weighted by Crippen LogP contribution is -2.55. The van der Waals surface area contributed by atoms with Crippen LogP contribution < -0.4 is 15.2 Å². The van der Waals surface area contributed by atoms with Crippen LogP contribution >= 0.6 is 0 Å². The van der Waals surface area contributed by atoms with Crippen molar-refractivity contribution in [3.8, 4) is 17.8 Å². The lowest BCUT2D eigenvalue weighted by atomic mass is 10.1. The highest BCUT2D eigenvalue weighted by atomic mass is 16.6. The summed E-state index contributed by atoms with van der Waals surface area (Å²) in [4.78, 5) is 47.9. The molecule has 2 saturated heterocycles. The van der Waals surface area contributed by atoms with Gasteiger partial charge in [-0.3, -0.25) is 9.36 Å². The maximum atomic E-state index is 14.4. The second-order valence-electron chi connectivity index (χ2n) is 12.6. The number of nitriles is 1. The van der Waals surface area contributed by atoms with Gasteiger partial charge in [-0.15, -0.1) is 0 Å². The molecular formula is C37H38N8O4. The number of amides is 1. The molecule has 2 aromatic heterocycles. The number of nitrogens with zero attached hydrogens (tertiary/aromatic N) is 8. The summed E-state index contributed by atoms with van der Waals surface area (Å²) >= 11 is 0. The van der Waals surface area contributed by atoms with E-state index < -0.39 is 12.1 Å². The standard InChI is InChI=1S/C37H38N8O4/c1-25-39-32-33(35(46)45(25)31-16-8-13-27-12-6-7-15-30(27)31)40-36(48-24-29-14-9-19-42(29)2)41-34(32)43-20-21-44(28(22-43)17-18-38)37(47)49-23-26-10-4-3-5-11-26/h3-8,10-13,15-16,28-29H,9,14,17,19-24H2,1-2H3/t28-,29?/m0/s1. The number of anilines is 1. The first-order chi connectivity index (χ1) is 23.9. The Bertz CT molecular complexity index is 2090. The molecule has 5 aromatic rings. The Morgan fingerprint density at radius 3 is 2.53 bits per heavy atom. The number of hydrogen-bond donors (Lipinski definition) is 0. The third-order valence-corrected chi connectivity index (χ3v) is 9.48. The average molecular weight is 659 g/mol. The van der Waals surface area contributed by atoms with E-state index in [0.29, 0.717) is 42.5 Å². The molecule has 0 aliphatic carbocycles. The maximum absolute atomic E-state index is 14.4. The number of piperazine rings is 1. The smallest absolute Gasteiger partial charge is 0.410 e. The van der Waals surface area contributed by atoms with Gasteiger partial charge in [0.1, 0.15) is 24.6 Å². The molecular weight excluding hydrogens is 620 g/mol. The number of aryl methyl sites for hydroxylation is 1. The normalized spacial score (nSPS) is 18.1. The number of likely N-dealkylation sites (tertiary alicyclic amines) is 1. The number of hydrogen-bond acceptors (Lipinski definition) is 10. The van der Waals surface area contributed by atoms with Gasteiger partial charge in [0.2, 0.25) is 0 Å². The molecule has 1 amide bonds. The fraction of sp³-hybridized carbons (Fsp3) is 0.351. The SMILES string of the molecule is Cc1nc2c(N3CCN(C(=O)OCc4ccccc4)[C@@H](CC#N)C3)nc(OCC3CCCN3C)nc2c(=O)n1-c1cccc2ccccc12. The molecule has 49 heavy (non-hydrogen) atoms. The third kappa shape index (κ3) is 6.49. The van der Waals surface area contributed by atoms with E-state index in [1.54, 1.807) is 16.4 Å². The van der Waals surface area contributed by atoms with Crippen LogP contribution in [0.4, 0.5) is 10.6 Å². The Hall–Kier alpha value is -5.54. The molecule has 0 spiro atoms. The van der Waals surface area contributed by atoms with E-state index >= 15 is 0 Å². The van der Waals surface area contributed by atoms with Gasteiger partial charge in [0, 0.05) is 31.1 Å². The second-order valence-corrected chi connectivity index (χ2v) is 12.6. The fourth-order valence-electron chi connectivity index (χ4n) is 6.84. The minimum Gasteiger partial charge on any atom is -0.462 e. The van der Waals surface area contributed by atoms with Gasteiger partial charge in [-0.2, -0.15) is 15.2 Å². The summed E-state index contributed by atoms with van der Waals surface area (Å²) in [7, 11) is 2.07. The van der Waals surface area contributed by atoms with Gasteiger partial charge in [-0.05, 0) is 50.4 Å². The van der Waals surface area contributed by atoms with Gasteiger partial charge >= 0.3 is 12.1 Å². The number of aromatic nitrogens is 4. The van der Waals surface area contributed by atoms with Gasteiger partial charge in [0.05, 0.1) is 24.2 Å². The van der Waals surface area contributed by atoms with Crippen molar-refractivity contribution in [2.24, 2.45) is 0 Å². The van der Waals surface area contributed by atoms with Gasteiger partial charge in [0.15, 0.2) is 11.3 Å². The largest absolute Gasteiger partial charge is 0.462 e. The quantitative estimate of drug-likeness (QED) is 0.228. The van der Waals surface area contributed by atoms with Gasteiger partial charge < -0.3 is 24.2 Å². The Kier molecular flexibility index (Phi) is 9.09. The molecule has 2 aliphatic heterocycles. The summed E-state index contributed by atoms with van der Waals surface area (Å²) < 4.78 is 13.4.